The number of halogens is 1. The second-order valence-electron chi connectivity index (χ2n) is 7.90. The number of nitrogens with two attached hydrogens (primary N) is 1. The van der Waals surface area contributed by atoms with E-state index in [1.165, 1.54) is 25.7 Å². The van der Waals surface area contributed by atoms with E-state index in [0.29, 0.717) is 11.8 Å². The van der Waals surface area contributed by atoms with Crippen molar-refractivity contribution >= 4 is 35.9 Å². The minimum atomic E-state index is -0.657. The molecule has 8 heteroatoms. The summed E-state index contributed by atoms with van der Waals surface area (Å²) in [5.41, 5.74) is 7.58. The number of urea groups is 1. The van der Waals surface area contributed by atoms with Crippen LogP contribution < -0.4 is 11.1 Å². The lowest BCUT2D eigenvalue weighted by molar-refractivity contribution is -0.122. The Bertz CT molecular complexity index is 781. The van der Waals surface area contributed by atoms with Crippen LogP contribution in [0.2, 0.25) is 5.02 Å². The van der Waals surface area contributed by atoms with Crippen molar-refractivity contribution < 1.29 is 14.7 Å². The highest BCUT2D eigenvalue weighted by Crippen LogP contribution is 2.41. The van der Waals surface area contributed by atoms with Crippen molar-refractivity contribution in [2.45, 2.75) is 74.6 Å². The molecule has 1 saturated carbocycles. The molecule has 0 saturated heterocycles. The number of rotatable bonds is 6. The molecular weight excluding hydrogens is 422 g/mol. The predicted molar refractivity (Wildman–Crippen MR) is 123 cm³/mol. The maximum atomic E-state index is 12.6. The highest BCUT2D eigenvalue weighted by atomic mass is 35.5. The van der Waals surface area contributed by atoms with E-state index in [-0.39, 0.29) is 18.5 Å². The Morgan fingerprint density at radius 1 is 1.43 bits per heavy atom. The Balaban J connectivity index is 0.00000101. The Hall–Kier alpha value is -1.70. The quantitative estimate of drug-likeness (QED) is 0.529. The highest BCUT2D eigenvalue weighted by molar-refractivity contribution is 8.00. The second-order valence-corrected chi connectivity index (χ2v) is 9.65. The molecule has 0 aromatic heterocycles. The minimum Gasteiger partial charge on any atom is -0.483 e. The van der Waals surface area contributed by atoms with E-state index in [0.717, 1.165) is 27.5 Å². The maximum absolute atomic E-state index is 12.6. The van der Waals surface area contributed by atoms with E-state index < -0.39 is 5.54 Å². The van der Waals surface area contributed by atoms with E-state index in [9.17, 15) is 4.79 Å². The standard InChI is InChI=1S/C21H30ClN3OS.CH2O2/c1-4-11-25-13-17(14(2)23)21(3,24-20(25)26)15-9-10-19(18(22)12-15)27-16-7-5-6-8-16;2-1-3/h9-10,12-14,16H,4-8,11,23H2,1-3H3,(H,24,26);1H,(H,2,3)/t14?,21-;/m0./s1. The van der Waals surface area contributed by atoms with Crippen molar-refractivity contribution in [1.82, 2.24) is 10.2 Å². The Morgan fingerprint density at radius 3 is 2.60 bits per heavy atom. The number of amides is 2. The molecule has 166 valence electrons. The normalized spacial score (nSPS) is 22.6. The molecule has 1 aliphatic heterocycles. The molecule has 0 bridgehead atoms. The van der Waals surface area contributed by atoms with Crippen LogP contribution in [0.3, 0.4) is 0 Å². The molecule has 0 spiro atoms. The van der Waals surface area contributed by atoms with Gasteiger partial charge in [0.1, 0.15) is 0 Å². The number of carbonyl (C=O) groups excluding carboxylic acids is 1. The van der Waals surface area contributed by atoms with Crippen LogP contribution in [0.1, 0.15) is 58.4 Å². The number of hydrogen-bond donors (Lipinski definition) is 3. The lowest BCUT2D eigenvalue weighted by atomic mass is 9.80. The van der Waals surface area contributed by atoms with Crippen LogP contribution in [0.4, 0.5) is 4.79 Å². The zero-order valence-corrected chi connectivity index (χ0v) is 19.4. The fraction of sp³-hybridized carbons (Fsp3) is 0.545. The summed E-state index contributed by atoms with van der Waals surface area (Å²) >= 11 is 8.52. The molecule has 1 unspecified atom stereocenters. The third-order valence-corrected chi connectivity index (χ3v) is 7.39. The molecule has 0 radical (unpaired) electrons. The number of carboxylic acid groups (broad SMARTS) is 1. The first kappa shape index (κ1) is 24.6. The van der Waals surface area contributed by atoms with Crippen LogP contribution in [0.15, 0.2) is 34.9 Å². The van der Waals surface area contributed by atoms with Crippen molar-refractivity contribution in [3.63, 3.8) is 0 Å². The molecule has 2 aliphatic rings. The van der Waals surface area contributed by atoms with Crippen molar-refractivity contribution in [3.05, 3.63) is 40.6 Å². The molecule has 1 aromatic carbocycles. The highest BCUT2D eigenvalue weighted by Gasteiger charge is 2.40. The third-order valence-electron chi connectivity index (χ3n) is 5.55. The van der Waals surface area contributed by atoms with Gasteiger partial charge >= 0.3 is 6.03 Å². The van der Waals surface area contributed by atoms with Gasteiger partial charge in [-0.2, -0.15) is 0 Å². The van der Waals surface area contributed by atoms with Gasteiger partial charge in [-0.1, -0.05) is 37.4 Å². The molecule has 3 rings (SSSR count). The van der Waals surface area contributed by atoms with E-state index in [2.05, 4.69) is 24.4 Å². The van der Waals surface area contributed by atoms with E-state index in [1.807, 2.05) is 37.9 Å². The van der Waals surface area contributed by atoms with Gasteiger partial charge in [-0.3, -0.25) is 4.79 Å². The number of benzene rings is 1. The monoisotopic (exact) mass is 453 g/mol. The molecule has 4 N–H and O–H groups in total. The lowest BCUT2D eigenvalue weighted by Gasteiger charge is -2.42. The van der Waals surface area contributed by atoms with E-state index in [4.69, 9.17) is 27.2 Å². The van der Waals surface area contributed by atoms with E-state index >= 15 is 0 Å². The Morgan fingerprint density at radius 2 is 2.07 bits per heavy atom. The van der Waals surface area contributed by atoms with Crippen molar-refractivity contribution in [2.24, 2.45) is 5.73 Å². The molecule has 2 atom stereocenters. The third kappa shape index (κ3) is 5.71. The van der Waals surface area contributed by atoms with Crippen LogP contribution in [0, 0.1) is 0 Å². The molecular formula is C22H32ClN3O3S. The van der Waals surface area contributed by atoms with Gasteiger partial charge < -0.3 is 21.1 Å². The zero-order valence-electron chi connectivity index (χ0n) is 17.9. The number of nitrogens with one attached hydrogen (secondary N) is 1. The van der Waals surface area contributed by atoms with Gasteiger partial charge in [0.15, 0.2) is 0 Å². The fourth-order valence-corrected chi connectivity index (χ4v) is 5.59. The van der Waals surface area contributed by atoms with Gasteiger partial charge in [0.05, 0.1) is 10.6 Å². The van der Waals surface area contributed by atoms with Crippen LogP contribution in [-0.4, -0.2) is 40.3 Å². The smallest absolute Gasteiger partial charge is 0.322 e. The number of nitrogens with zero attached hydrogens (tertiary/aromatic N) is 1. The molecule has 1 fully saturated rings. The number of thioether (sulfide) groups is 1. The molecule has 30 heavy (non-hydrogen) atoms. The topological polar surface area (TPSA) is 95.7 Å². The van der Waals surface area contributed by atoms with Crippen LogP contribution in [0.5, 0.6) is 0 Å². The summed E-state index contributed by atoms with van der Waals surface area (Å²) in [5.74, 6) is 0. The summed E-state index contributed by atoms with van der Waals surface area (Å²) in [6.45, 7) is 6.45. The Kier molecular flexibility index (Phi) is 9.07. The molecule has 1 aromatic rings. The van der Waals surface area contributed by atoms with E-state index in [1.54, 1.807) is 4.90 Å². The average Bonchev–Trinajstić information content (AvgIpc) is 3.19. The molecule has 1 aliphatic carbocycles. The molecule has 6 nitrogen and oxygen atoms in total. The molecule has 1 heterocycles. The van der Waals surface area contributed by atoms with Gasteiger partial charge in [-0.15, -0.1) is 11.8 Å². The second kappa shape index (κ2) is 11.1. The van der Waals surface area contributed by atoms with Crippen molar-refractivity contribution in [2.75, 3.05) is 6.54 Å². The van der Waals surface area contributed by atoms with Crippen LogP contribution in [-0.2, 0) is 10.3 Å². The van der Waals surface area contributed by atoms with Crippen LogP contribution >= 0.6 is 23.4 Å². The van der Waals surface area contributed by atoms with Gasteiger partial charge in [0.2, 0.25) is 0 Å². The fourth-order valence-electron chi connectivity index (χ4n) is 4.03. The maximum Gasteiger partial charge on any atom is 0.322 e. The summed E-state index contributed by atoms with van der Waals surface area (Å²) in [5, 5.41) is 11.5. The first-order chi connectivity index (χ1) is 14.3. The average molecular weight is 454 g/mol. The summed E-state index contributed by atoms with van der Waals surface area (Å²) < 4.78 is 0. The van der Waals surface area contributed by atoms with Gasteiger partial charge in [-0.25, -0.2) is 4.79 Å². The van der Waals surface area contributed by atoms with Crippen LogP contribution in [0.25, 0.3) is 0 Å². The van der Waals surface area contributed by atoms with Gasteiger partial charge in [-0.05, 0) is 56.4 Å². The minimum absolute atomic E-state index is 0.0933. The summed E-state index contributed by atoms with van der Waals surface area (Å²) in [7, 11) is 0. The predicted octanol–water partition coefficient (Wildman–Crippen LogP) is 4.96. The number of hydrogen-bond acceptors (Lipinski definition) is 4. The van der Waals surface area contributed by atoms with Crippen molar-refractivity contribution in [3.8, 4) is 0 Å². The SMILES string of the molecule is CCCN1C=C(C(C)N)[C@](C)(c2ccc(SC3CCCC3)c(Cl)c2)NC1=O.O=CO. The first-order valence-electron chi connectivity index (χ1n) is 10.4. The Labute approximate surface area is 188 Å². The number of carbonyl (C=O) groups is 2. The first-order valence-corrected chi connectivity index (χ1v) is 11.6. The zero-order chi connectivity index (χ0) is 22.3. The largest absolute Gasteiger partial charge is 0.483 e. The van der Waals surface area contributed by atoms with Crippen molar-refractivity contribution in [1.29, 1.82) is 0 Å². The molecule has 2 amide bonds. The lowest BCUT2D eigenvalue weighted by Crippen LogP contribution is -2.56. The van der Waals surface area contributed by atoms with Gasteiger partial charge in [0.25, 0.3) is 6.47 Å². The summed E-state index contributed by atoms with van der Waals surface area (Å²) in [6, 6.07) is 5.89. The summed E-state index contributed by atoms with van der Waals surface area (Å²) in [6.07, 6.45) is 7.97. The summed E-state index contributed by atoms with van der Waals surface area (Å²) in [4.78, 5) is 23.8. The van der Waals surface area contributed by atoms with Gasteiger partial charge in [0, 0.05) is 28.9 Å².